The summed E-state index contributed by atoms with van der Waals surface area (Å²) in [7, 11) is -3.43. The number of hydrogen-bond donors (Lipinski definition) is 1. The first-order valence-corrected chi connectivity index (χ1v) is 9.48. The van der Waals surface area contributed by atoms with Crippen LogP contribution < -0.4 is 4.72 Å². The Balaban J connectivity index is 1.80. The maximum atomic E-state index is 12.0. The van der Waals surface area contributed by atoms with Crippen molar-refractivity contribution < 1.29 is 13.2 Å². The van der Waals surface area contributed by atoms with Crippen LogP contribution in [0.4, 0.5) is 0 Å². The molecule has 4 nitrogen and oxygen atoms in total. The monoisotopic (exact) mass is 361 g/mol. The molecule has 0 amide bonds. The third-order valence-corrected chi connectivity index (χ3v) is 5.56. The van der Waals surface area contributed by atoms with Gasteiger partial charge >= 0.3 is 0 Å². The van der Waals surface area contributed by atoms with Gasteiger partial charge in [0.15, 0.2) is 0 Å². The average Bonchev–Trinajstić information content (AvgIpc) is 2.97. The summed E-state index contributed by atoms with van der Waals surface area (Å²) in [5, 5.41) is 0.718. The topological polar surface area (TPSA) is 55.4 Å². The van der Waals surface area contributed by atoms with Gasteiger partial charge in [0.25, 0.3) is 0 Å². The lowest BCUT2D eigenvalue weighted by molar-refractivity contribution is 0.0626. The third kappa shape index (κ3) is 4.55. The second kappa shape index (κ2) is 7.54. The number of hydrogen-bond acceptors (Lipinski definition) is 3. The molecule has 0 atom stereocenters. The highest BCUT2D eigenvalue weighted by Gasteiger charge is 2.16. The van der Waals surface area contributed by atoms with Crippen LogP contribution in [-0.2, 0) is 20.1 Å². The van der Waals surface area contributed by atoms with Gasteiger partial charge in [-0.15, -0.1) is 0 Å². The van der Waals surface area contributed by atoms with E-state index >= 15 is 0 Å². The van der Waals surface area contributed by atoms with Crippen LogP contribution in [0.2, 0.25) is 0 Å². The van der Waals surface area contributed by atoms with E-state index in [-0.39, 0.29) is 0 Å². The van der Waals surface area contributed by atoms with Crippen molar-refractivity contribution in [2.75, 3.05) is 13.2 Å². The largest absolute Gasteiger partial charge is 0.377 e. The molecule has 2 rings (SSSR count). The van der Waals surface area contributed by atoms with Gasteiger partial charge < -0.3 is 4.74 Å². The summed E-state index contributed by atoms with van der Waals surface area (Å²) in [6, 6.07) is 6.85. The molecule has 0 aromatic heterocycles. The Morgan fingerprint density at radius 2 is 1.85 bits per heavy atom. The molecule has 0 unspecified atom stereocenters. The molecule has 1 aromatic carbocycles. The second-order valence-corrected chi connectivity index (χ2v) is 7.28. The van der Waals surface area contributed by atoms with E-state index in [9.17, 15) is 8.42 Å². The molecule has 0 bridgehead atoms. The van der Waals surface area contributed by atoms with E-state index in [1.165, 1.54) is 12.8 Å². The molecule has 1 aliphatic rings. The Hall–Kier alpha value is -0.430. The fourth-order valence-electron chi connectivity index (χ4n) is 2.30. The molecule has 0 radical (unpaired) electrons. The highest BCUT2D eigenvalue weighted by Crippen LogP contribution is 2.20. The van der Waals surface area contributed by atoms with E-state index in [0.29, 0.717) is 24.2 Å². The number of ether oxygens (including phenoxy) is 1. The number of alkyl halides is 1. The summed E-state index contributed by atoms with van der Waals surface area (Å²) in [5.41, 5.74) is 1.05. The Labute approximate surface area is 129 Å². The van der Waals surface area contributed by atoms with Crippen LogP contribution in [-0.4, -0.2) is 27.7 Å². The van der Waals surface area contributed by atoms with Crippen molar-refractivity contribution in [3.63, 3.8) is 0 Å². The van der Waals surface area contributed by atoms with Gasteiger partial charge in [0.1, 0.15) is 0 Å². The molecule has 1 saturated carbocycles. The van der Waals surface area contributed by atoms with E-state index in [1.54, 1.807) is 24.3 Å². The zero-order chi connectivity index (χ0) is 14.4. The summed E-state index contributed by atoms with van der Waals surface area (Å²) in [4.78, 5) is 0.295. The maximum absolute atomic E-state index is 12.0. The summed E-state index contributed by atoms with van der Waals surface area (Å²) in [5.74, 6) is 0. The van der Waals surface area contributed by atoms with Crippen molar-refractivity contribution in [2.24, 2.45) is 0 Å². The van der Waals surface area contributed by atoms with Gasteiger partial charge in [-0.2, -0.15) is 0 Å². The highest BCUT2D eigenvalue weighted by molar-refractivity contribution is 9.08. The van der Waals surface area contributed by atoms with E-state index in [2.05, 4.69) is 20.7 Å². The minimum absolute atomic E-state index is 0.295. The average molecular weight is 362 g/mol. The van der Waals surface area contributed by atoms with E-state index in [0.717, 1.165) is 23.7 Å². The molecular weight excluding hydrogens is 342 g/mol. The highest BCUT2D eigenvalue weighted by atomic mass is 79.9. The maximum Gasteiger partial charge on any atom is 0.240 e. The van der Waals surface area contributed by atoms with Crippen molar-refractivity contribution in [2.45, 2.75) is 42.0 Å². The molecule has 20 heavy (non-hydrogen) atoms. The predicted octanol–water partition coefficient (Wildman–Crippen LogP) is 2.82. The molecule has 0 spiro atoms. The summed E-state index contributed by atoms with van der Waals surface area (Å²) >= 11 is 3.33. The first-order chi connectivity index (χ1) is 9.62. The van der Waals surface area contributed by atoms with Crippen LogP contribution in [0.25, 0.3) is 0 Å². The number of benzene rings is 1. The van der Waals surface area contributed by atoms with Crippen LogP contribution in [0.3, 0.4) is 0 Å². The van der Waals surface area contributed by atoms with Gasteiger partial charge in [-0.3, -0.25) is 0 Å². The molecule has 6 heteroatoms. The lowest BCUT2D eigenvalue weighted by atomic mass is 10.2. The second-order valence-electron chi connectivity index (χ2n) is 4.95. The Bertz CT molecular complexity index is 510. The quantitative estimate of drug-likeness (QED) is 0.600. The van der Waals surface area contributed by atoms with Crippen LogP contribution >= 0.6 is 15.9 Å². The minimum atomic E-state index is -3.43. The number of nitrogens with one attached hydrogen (secondary N) is 1. The van der Waals surface area contributed by atoms with Gasteiger partial charge in [-0.05, 0) is 30.5 Å². The van der Waals surface area contributed by atoms with Crippen LogP contribution in [0.5, 0.6) is 0 Å². The van der Waals surface area contributed by atoms with Crippen LogP contribution in [0.15, 0.2) is 29.2 Å². The smallest absolute Gasteiger partial charge is 0.240 e. The molecule has 1 aliphatic carbocycles. The Morgan fingerprint density at radius 3 is 2.45 bits per heavy atom. The number of halogens is 1. The lowest BCUT2D eigenvalue weighted by Gasteiger charge is -2.12. The molecule has 1 fully saturated rings. The molecular formula is C14H20BrNO3S. The molecule has 0 heterocycles. The lowest BCUT2D eigenvalue weighted by Crippen LogP contribution is -2.28. The van der Waals surface area contributed by atoms with Gasteiger partial charge in [0, 0.05) is 11.9 Å². The van der Waals surface area contributed by atoms with Crippen molar-refractivity contribution in [1.82, 2.24) is 4.72 Å². The Morgan fingerprint density at radius 1 is 1.20 bits per heavy atom. The summed E-state index contributed by atoms with van der Waals surface area (Å²) in [6.45, 7) is 0.752. The van der Waals surface area contributed by atoms with E-state index in [4.69, 9.17) is 4.74 Å². The molecule has 112 valence electrons. The van der Waals surface area contributed by atoms with Crippen LogP contribution in [0.1, 0.15) is 31.2 Å². The third-order valence-electron chi connectivity index (χ3n) is 3.44. The fraction of sp³-hybridized carbons (Fsp3) is 0.571. The van der Waals surface area contributed by atoms with Gasteiger partial charge in [-0.25, -0.2) is 13.1 Å². The zero-order valence-corrected chi connectivity index (χ0v) is 13.7. The van der Waals surface area contributed by atoms with Crippen molar-refractivity contribution in [3.05, 3.63) is 29.8 Å². The fourth-order valence-corrected chi connectivity index (χ4v) is 3.68. The standard InChI is InChI=1S/C14H20BrNO3S/c15-11-12-5-7-14(8-6-12)20(17,18)16-9-10-19-13-3-1-2-4-13/h5-8,13,16H,1-4,9-11H2. The molecule has 1 aromatic rings. The SMILES string of the molecule is O=S(=O)(NCCOC1CCCC1)c1ccc(CBr)cc1. The van der Waals surface area contributed by atoms with Gasteiger partial charge in [0.05, 0.1) is 17.6 Å². The first-order valence-electron chi connectivity index (χ1n) is 6.88. The Kier molecular flexibility index (Phi) is 6.01. The van der Waals surface area contributed by atoms with E-state index < -0.39 is 10.0 Å². The number of sulfonamides is 1. The van der Waals surface area contributed by atoms with Gasteiger partial charge in [0.2, 0.25) is 10.0 Å². The molecule has 0 saturated heterocycles. The van der Waals surface area contributed by atoms with Crippen molar-refractivity contribution in [3.8, 4) is 0 Å². The minimum Gasteiger partial charge on any atom is -0.377 e. The van der Waals surface area contributed by atoms with Crippen LogP contribution in [0, 0.1) is 0 Å². The zero-order valence-electron chi connectivity index (χ0n) is 11.3. The van der Waals surface area contributed by atoms with E-state index in [1.807, 2.05) is 0 Å². The normalized spacial score (nSPS) is 16.6. The molecule has 0 aliphatic heterocycles. The molecule has 1 N–H and O–H groups in total. The van der Waals surface area contributed by atoms with Crippen molar-refractivity contribution >= 4 is 26.0 Å². The summed E-state index contributed by atoms with van der Waals surface area (Å²) < 4.78 is 32.3. The van der Waals surface area contributed by atoms with Crippen molar-refractivity contribution in [1.29, 1.82) is 0 Å². The summed E-state index contributed by atoms with van der Waals surface area (Å²) in [6.07, 6.45) is 4.95. The van der Waals surface area contributed by atoms with Gasteiger partial charge in [-0.1, -0.05) is 40.9 Å². The predicted molar refractivity (Wildman–Crippen MR) is 82.5 cm³/mol. The number of rotatable bonds is 7. The first kappa shape index (κ1) is 15.9.